The van der Waals surface area contributed by atoms with E-state index in [0.29, 0.717) is 5.69 Å². The number of benzene rings is 1. The van der Waals surface area contributed by atoms with E-state index in [9.17, 15) is 20.2 Å². The molecule has 0 saturated heterocycles. The third kappa shape index (κ3) is 4.00. The van der Waals surface area contributed by atoms with E-state index >= 15 is 0 Å². The summed E-state index contributed by atoms with van der Waals surface area (Å²) < 4.78 is 1.07. The lowest BCUT2D eigenvalue weighted by atomic mass is 9.97. The smallest absolute Gasteiger partial charge is 0.218 e. The number of nitro groups is 2. The Morgan fingerprint density at radius 2 is 1.62 bits per heavy atom. The van der Waals surface area contributed by atoms with Gasteiger partial charge in [0.1, 0.15) is 5.92 Å². The first-order valence-electron chi connectivity index (χ1n) is 6.14. The quantitative estimate of drug-likeness (QED) is 0.457. The van der Waals surface area contributed by atoms with E-state index < -0.39 is 28.9 Å². The average Bonchev–Trinajstić information content (AvgIpc) is 2.87. The standard InChI is InChI=1S/C13H12IN3O4/c14-11-3-1-9(2-4-11)12-5-6-15-13(12)10(7-16(18)19)8-17(20)21/h1-6,10,15H,7-8H2. The summed E-state index contributed by atoms with van der Waals surface area (Å²) in [4.78, 5) is 23.4. The van der Waals surface area contributed by atoms with Crippen LogP contribution in [0.5, 0.6) is 0 Å². The topological polar surface area (TPSA) is 102 Å². The van der Waals surface area contributed by atoms with Crippen LogP contribution in [0.1, 0.15) is 11.6 Å². The molecule has 21 heavy (non-hydrogen) atoms. The van der Waals surface area contributed by atoms with Gasteiger partial charge in [0.15, 0.2) is 0 Å². The summed E-state index contributed by atoms with van der Waals surface area (Å²) in [7, 11) is 0. The number of aromatic nitrogens is 1. The first-order valence-corrected chi connectivity index (χ1v) is 7.22. The molecular weight excluding hydrogens is 389 g/mol. The van der Waals surface area contributed by atoms with Crippen LogP contribution in [-0.2, 0) is 0 Å². The number of H-pyrrole nitrogens is 1. The van der Waals surface area contributed by atoms with Crippen LogP contribution in [0, 0.1) is 23.8 Å². The fourth-order valence-corrected chi connectivity index (χ4v) is 2.56. The molecule has 0 fully saturated rings. The van der Waals surface area contributed by atoms with Crippen molar-refractivity contribution in [2.75, 3.05) is 13.1 Å². The van der Waals surface area contributed by atoms with Gasteiger partial charge in [0, 0.05) is 30.9 Å². The zero-order valence-electron chi connectivity index (χ0n) is 10.9. The van der Waals surface area contributed by atoms with Crippen LogP contribution in [0.3, 0.4) is 0 Å². The second kappa shape index (κ2) is 6.66. The van der Waals surface area contributed by atoms with Crippen molar-refractivity contribution >= 4 is 22.6 Å². The van der Waals surface area contributed by atoms with Gasteiger partial charge in [-0.15, -0.1) is 0 Å². The molecule has 1 aromatic heterocycles. The lowest BCUT2D eigenvalue weighted by Crippen LogP contribution is -2.21. The third-order valence-electron chi connectivity index (χ3n) is 3.08. The van der Waals surface area contributed by atoms with Gasteiger partial charge >= 0.3 is 0 Å². The number of halogens is 1. The minimum absolute atomic E-state index is 0.473. The number of nitrogens with one attached hydrogen (secondary N) is 1. The molecule has 0 aliphatic rings. The van der Waals surface area contributed by atoms with Crippen LogP contribution < -0.4 is 0 Å². The molecule has 0 radical (unpaired) electrons. The number of hydrogen-bond acceptors (Lipinski definition) is 4. The Bertz CT molecular complexity index is 638. The maximum atomic E-state index is 10.7. The zero-order valence-corrected chi connectivity index (χ0v) is 13.0. The number of aromatic amines is 1. The van der Waals surface area contributed by atoms with Gasteiger partial charge in [0.05, 0.1) is 0 Å². The van der Waals surface area contributed by atoms with E-state index in [1.54, 1.807) is 12.3 Å². The van der Waals surface area contributed by atoms with Crippen molar-refractivity contribution in [3.05, 3.63) is 66.0 Å². The monoisotopic (exact) mass is 401 g/mol. The van der Waals surface area contributed by atoms with Crippen molar-refractivity contribution in [1.29, 1.82) is 0 Å². The van der Waals surface area contributed by atoms with Gasteiger partial charge in [-0.1, -0.05) is 12.1 Å². The molecule has 0 aliphatic heterocycles. The van der Waals surface area contributed by atoms with Crippen molar-refractivity contribution in [2.45, 2.75) is 5.92 Å². The molecule has 1 aromatic carbocycles. The maximum absolute atomic E-state index is 10.7. The van der Waals surface area contributed by atoms with Gasteiger partial charge in [-0.05, 0) is 46.4 Å². The Kier molecular flexibility index (Phi) is 4.89. The van der Waals surface area contributed by atoms with Gasteiger partial charge in [-0.3, -0.25) is 20.2 Å². The number of nitrogens with zero attached hydrogens (tertiary/aromatic N) is 2. The summed E-state index contributed by atoms with van der Waals surface area (Å²) in [6, 6.07) is 9.41. The lowest BCUT2D eigenvalue weighted by Gasteiger charge is -2.10. The first kappa shape index (κ1) is 15.4. The molecule has 0 unspecified atom stereocenters. The van der Waals surface area contributed by atoms with Crippen molar-refractivity contribution < 1.29 is 9.85 Å². The molecule has 2 rings (SSSR count). The molecule has 110 valence electrons. The highest BCUT2D eigenvalue weighted by Crippen LogP contribution is 2.29. The van der Waals surface area contributed by atoms with E-state index in [1.165, 1.54) is 0 Å². The SMILES string of the molecule is O=[N+]([O-])CC(C[N+](=O)[O-])c1[nH]ccc1-c1ccc(I)cc1. The Balaban J connectivity index is 2.37. The van der Waals surface area contributed by atoms with Crippen molar-refractivity contribution in [1.82, 2.24) is 4.98 Å². The highest BCUT2D eigenvalue weighted by atomic mass is 127. The fourth-order valence-electron chi connectivity index (χ4n) is 2.20. The van der Waals surface area contributed by atoms with Crippen LogP contribution >= 0.6 is 22.6 Å². The van der Waals surface area contributed by atoms with Crippen LogP contribution in [0.2, 0.25) is 0 Å². The average molecular weight is 401 g/mol. The molecule has 0 spiro atoms. The molecule has 0 aliphatic carbocycles. The highest BCUT2D eigenvalue weighted by Gasteiger charge is 2.27. The van der Waals surface area contributed by atoms with Crippen LogP contribution in [-0.4, -0.2) is 27.9 Å². The van der Waals surface area contributed by atoms with Gasteiger partial charge in [-0.2, -0.15) is 0 Å². The van der Waals surface area contributed by atoms with Crippen molar-refractivity contribution in [2.24, 2.45) is 0 Å². The minimum Gasteiger partial charge on any atom is -0.364 e. The van der Waals surface area contributed by atoms with E-state index in [0.717, 1.165) is 14.7 Å². The lowest BCUT2D eigenvalue weighted by molar-refractivity contribution is -0.516. The third-order valence-corrected chi connectivity index (χ3v) is 3.80. The van der Waals surface area contributed by atoms with Crippen LogP contribution in [0.15, 0.2) is 36.5 Å². The van der Waals surface area contributed by atoms with Gasteiger partial charge in [-0.25, -0.2) is 0 Å². The summed E-state index contributed by atoms with van der Waals surface area (Å²) >= 11 is 2.18. The zero-order chi connectivity index (χ0) is 15.4. The fraction of sp³-hybridized carbons (Fsp3) is 0.231. The second-order valence-corrected chi connectivity index (χ2v) is 5.79. The van der Waals surface area contributed by atoms with Crippen molar-refractivity contribution in [3.63, 3.8) is 0 Å². The highest BCUT2D eigenvalue weighted by molar-refractivity contribution is 14.1. The number of hydrogen-bond donors (Lipinski definition) is 1. The molecule has 0 saturated carbocycles. The molecule has 1 N–H and O–H groups in total. The first-order chi connectivity index (χ1) is 9.97. The molecule has 1 heterocycles. The Morgan fingerprint density at radius 3 is 2.14 bits per heavy atom. The Hall–Kier alpha value is -1.97. The molecule has 8 heteroatoms. The molecular formula is C13H12IN3O4. The largest absolute Gasteiger partial charge is 0.364 e. The molecule has 7 nitrogen and oxygen atoms in total. The normalized spacial score (nSPS) is 10.8. The van der Waals surface area contributed by atoms with Crippen LogP contribution in [0.25, 0.3) is 11.1 Å². The molecule has 0 bridgehead atoms. The Labute approximate surface area is 133 Å². The minimum atomic E-state index is -0.778. The second-order valence-electron chi connectivity index (χ2n) is 4.54. The van der Waals surface area contributed by atoms with Gasteiger partial charge in [0.25, 0.3) is 0 Å². The summed E-state index contributed by atoms with van der Waals surface area (Å²) in [5.41, 5.74) is 2.17. The van der Waals surface area contributed by atoms with E-state index in [2.05, 4.69) is 27.6 Å². The van der Waals surface area contributed by atoms with E-state index in [1.807, 2.05) is 24.3 Å². The predicted octanol–water partition coefficient (Wildman–Crippen LogP) is 2.92. The van der Waals surface area contributed by atoms with Gasteiger partial charge in [0.2, 0.25) is 13.1 Å². The van der Waals surface area contributed by atoms with Crippen molar-refractivity contribution in [3.8, 4) is 11.1 Å². The number of rotatable bonds is 6. The van der Waals surface area contributed by atoms with E-state index in [-0.39, 0.29) is 0 Å². The summed E-state index contributed by atoms with van der Waals surface area (Å²) in [5, 5.41) is 21.5. The molecule has 0 amide bonds. The maximum Gasteiger partial charge on any atom is 0.218 e. The van der Waals surface area contributed by atoms with Gasteiger partial charge < -0.3 is 4.98 Å². The predicted molar refractivity (Wildman–Crippen MR) is 85.4 cm³/mol. The summed E-state index contributed by atoms with van der Waals surface area (Å²) in [6.45, 7) is -0.947. The van der Waals surface area contributed by atoms with Crippen LogP contribution in [0.4, 0.5) is 0 Å². The molecule has 2 aromatic rings. The molecule has 0 atom stereocenters. The Morgan fingerprint density at radius 1 is 1.05 bits per heavy atom. The summed E-state index contributed by atoms with van der Waals surface area (Å²) in [5.74, 6) is -0.778. The van der Waals surface area contributed by atoms with E-state index in [4.69, 9.17) is 0 Å². The summed E-state index contributed by atoms with van der Waals surface area (Å²) in [6.07, 6.45) is 1.65.